The van der Waals surface area contributed by atoms with E-state index in [1.54, 1.807) is 22.7 Å². The average Bonchev–Trinajstić information content (AvgIpc) is 3.35. The standard InChI is InChI=1S/C29H46N2O5S/c1-9-15-31(27(6,7)19-26(3,4)5)24(34)22-29-14-13-28(8,37-29)21(25(35)36-18-10-2)20(29)23(33)30(22)16-11-12-17-32/h9-10,20-22,32H,1-2,11-19H2,3-8H3/t20-,21+,22?,28-,29?/m0/s1. The molecule has 1 N–H and O–H groups in total. The highest BCUT2D eigenvalue weighted by Gasteiger charge is 2.77. The first-order valence-electron chi connectivity index (χ1n) is 13.5. The van der Waals surface area contributed by atoms with E-state index in [0.717, 1.165) is 12.8 Å². The third-order valence-corrected chi connectivity index (χ3v) is 10.2. The number of aliphatic hydroxyl groups excluding tert-OH is 1. The zero-order chi connectivity index (χ0) is 27.8. The molecule has 3 aliphatic heterocycles. The fourth-order valence-corrected chi connectivity index (χ4v) is 9.57. The first-order valence-corrected chi connectivity index (χ1v) is 14.3. The summed E-state index contributed by atoms with van der Waals surface area (Å²) in [5, 5.41) is 9.39. The lowest BCUT2D eigenvalue weighted by Crippen LogP contribution is -2.60. The van der Waals surface area contributed by atoms with Gasteiger partial charge in [0.05, 0.1) is 16.6 Å². The number of thioether (sulfide) groups is 1. The lowest BCUT2D eigenvalue weighted by molar-refractivity contribution is -0.154. The summed E-state index contributed by atoms with van der Waals surface area (Å²) in [5.74, 6) is -1.81. The number of ether oxygens (including phenoxy) is 1. The second-order valence-corrected chi connectivity index (χ2v) is 14.8. The van der Waals surface area contributed by atoms with Crippen LogP contribution in [0.2, 0.25) is 0 Å². The van der Waals surface area contributed by atoms with Crippen LogP contribution in [-0.2, 0) is 19.1 Å². The molecule has 0 aliphatic carbocycles. The van der Waals surface area contributed by atoms with Crippen LogP contribution in [0.25, 0.3) is 0 Å². The molecule has 5 atom stereocenters. The number of amides is 2. The number of hydrogen-bond acceptors (Lipinski definition) is 6. The molecule has 7 nitrogen and oxygen atoms in total. The van der Waals surface area contributed by atoms with Crippen molar-refractivity contribution in [2.45, 2.75) is 94.7 Å². The smallest absolute Gasteiger partial charge is 0.311 e. The molecule has 37 heavy (non-hydrogen) atoms. The molecule has 3 fully saturated rings. The van der Waals surface area contributed by atoms with Crippen LogP contribution in [0.15, 0.2) is 25.3 Å². The number of aliphatic hydroxyl groups is 1. The van der Waals surface area contributed by atoms with Crippen LogP contribution in [0, 0.1) is 17.3 Å². The predicted molar refractivity (Wildman–Crippen MR) is 148 cm³/mol. The van der Waals surface area contributed by atoms with E-state index in [4.69, 9.17) is 4.74 Å². The van der Waals surface area contributed by atoms with Gasteiger partial charge in [-0.15, -0.1) is 18.3 Å². The second kappa shape index (κ2) is 10.8. The van der Waals surface area contributed by atoms with Crippen molar-refractivity contribution in [1.82, 2.24) is 9.80 Å². The van der Waals surface area contributed by atoms with Gasteiger partial charge in [0.2, 0.25) is 11.8 Å². The fourth-order valence-electron chi connectivity index (χ4n) is 7.23. The zero-order valence-electron chi connectivity index (χ0n) is 23.5. The van der Waals surface area contributed by atoms with Crippen LogP contribution >= 0.6 is 11.8 Å². The number of carbonyl (C=O) groups excluding carboxylic acids is 3. The van der Waals surface area contributed by atoms with E-state index < -0.39 is 32.9 Å². The maximum Gasteiger partial charge on any atom is 0.311 e. The predicted octanol–water partition coefficient (Wildman–Crippen LogP) is 4.20. The van der Waals surface area contributed by atoms with Gasteiger partial charge in [-0.25, -0.2) is 0 Å². The molecule has 0 aromatic rings. The zero-order valence-corrected chi connectivity index (χ0v) is 24.4. The molecule has 0 aromatic carbocycles. The van der Waals surface area contributed by atoms with Crippen molar-refractivity contribution in [3.8, 4) is 0 Å². The van der Waals surface area contributed by atoms with Gasteiger partial charge < -0.3 is 19.6 Å². The molecule has 2 unspecified atom stereocenters. The number of rotatable bonds is 12. The Kier molecular flexibility index (Phi) is 8.65. The highest BCUT2D eigenvalue weighted by atomic mass is 32.2. The summed E-state index contributed by atoms with van der Waals surface area (Å²) in [5.41, 5.74) is -0.476. The Bertz CT molecular complexity index is 928. The Morgan fingerprint density at radius 1 is 1.19 bits per heavy atom. The number of esters is 1. The maximum absolute atomic E-state index is 14.6. The van der Waals surface area contributed by atoms with Crippen molar-refractivity contribution in [2.24, 2.45) is 17.3 Å². The van der Waals surface area contributed by atoms with Crippen LogP contribution in [0.3, 0.4) is 0 Å². The summed E-state index contributed by atoms with van der Waals surface area (Å²) >= 11 is 1.65. The summed E-state index contributed by atoms with van der Waals surface area (Å²) < 4.78 is 4.34. The summed E-state index contributed by atoms with van der Waals surface area (Å²) in [7, 11) is 0. The van der Waals surface area contributed by atoms with E-state index in [1.807, 2.05) is 11.8 Å². The van der Waals surface area contributed by atoms with Gasteiger partial charge in [0.25, 0.3) is 0 Å². The van der Waals surface area contributed by atoms with Gasteiger partial charge >= 0.3 is 5.97 Å². The fraction of sp³-hybridized carbons (Fsp3) is 0.759. The Hall–Kier alpha value is -1.80. The number of unbranched alkanes of at least 4 members (excludes halogenated alkanes) is 1. The molecule has 3 rings (SSSR count). The lowest BCUT2D eigenvalue weighted by Gasteiger charge is -2.46. The molecule has 1 spiro atoms. The minimum Gasteiger partial charge on any atom is -0.461 e. The molecule has 3 heterocycles. The monoisotopic (exact) mass is 534 g/mol. The third-order valence-electron chi connectivity index (χ3n) is 8.19. The molecule has 2 amide bonds. The molecule has 208 valence electrons. The molecular formula is C29H46N2O5S. The number of fused-ring (bicyclic) bond motifs is 1. The van der Waals surface area contributed by atoms with Crippen molar-refractivity contribution in [1.29, 1.82) is 0 Å². The summed E-state index contributed by atoms with van der Waals surface area (Å²) in [6.07, 6.45) is 6.65. The topological polar surface area (TPSA) is 87.1 Å². The molecule has 3 aliphatic rings. The van der Waals surface area contributed by atoms with Crippen molar-refractivity contribution >= 4 is 29.5 Å². The minimum atomic E-state index is -0.683. The summed E-state index contributed by atoms with van der Waals surface area (Å²) in [6, 6.07) is -0.674. The lowest BCUT2D eigenvalue weighted by atomic mass is 9.66. The highest BCUT2D eigenvalue weighted by Crippen LogP contribution is 2.71. The first kappa shape index (κ1) is 29.8. The highest BCUT2D eigenvalue weighted by molar-refractivity contribution is 8.02. The SMILES string of the molecule is C=CCOC(=O)[C@H]1[C@H]2C(=O)N(CCCCO)C(C(=O)N(CC=C)C(C)(C)CC(C)(C)C)C23CC[C@]1(C)S3. The third kappa shape index (κ3) is 5.38. The van der Waals surface area contributed by atoms with Gasteiger partial charge in [0.15, 0.2) is 0 Å². The normalized spacial score (nSPS) is 30.8. The van der Waals surface area contributed by atoms with E-state index in [0.29, 0.717) is 32.4 Å². The van der Waals surface area contributed by atoms with Crippen LogP contribution in [-0.4, -0.2) is 80.1 Å². The summed E-state index contributed by atoms with van der Waals surface area (Å²) in [4.78, 5) is 45.6. The van der Waals surface area contributed by atoms with E-state index >= 15 is 0 Å². The molecule has 8 heteroatoms. The van der Waals surface area contributed by atoms with E-state index in [9.17, 15) is 19.5 Å². The van der Waals surface area contributed by atoms with Gasteiger partial charge in [-0.05, 0) is 58.3 Å². The van der Waals surface area contributed by atoms with Crippen LogP contribution in [0.4, 0.5) is 0 Å². The minimum absolute atomic E-state index is 0.00955. The number of likely N-dealkylation sites (tertiary alicyclic amines) is 1. The maximum atomic E-state index is 14.6. The molecule has 0 aromatic heterocycles. The van der Waals surface area contributed by atoms with Crippen LogP contribution in [0.5, 0.6) is 0 Å². The molecule has 3 saturated heterocycles. The number of hydrogen-bond donors (Lipinski definition) is 1. The quantitative estimate of drug-likeness (QED) is 0.229. The second-order valence-electron chi connectivity index (χ2n) is 12.9. The Morgan fingerprint density at radius 3 is 2.43 bits per heavy atom. The number of carbonyl (C=O) groups is 3. The van der Waals surface area contributed by atoms with Crippen molar-refractivity contribution in [3.05, 3.63) is 25.3 Å². The summed E-state index contributed by atoms with van der Waals surface area (Å²) in [6.45, 7) is 21.1. The molecule has 0 saturated carbocycles. The molecular weight excluding hydrogens is 488 g/mol. The average molecular weight is 535 g/mol. The Balaban J connectivity index is 2.08. The molecule has 0 radical (unpaired) electrons. The van der Waals surface area contributed by atoms with Gasteiger partial charge in [-0.1, -0.05) is 39.5 Å². The van der Waals surface area contributed by atoms with Crippen LogP contribution < -0.4 is 0 Å². The Labute approximate surface area is 227 Å². The largest absolute Gasteiger partial charge is 0.461 e. The van der Waals surface area contributed by atoms with Crippen LogP contribution in [0.1, 0.15) is 73.6 Å². The number of nitrogens with zero attached hydrogens (tertiary/aromatic N) is 2. The van der Waals surface area contributed by atoms with E-state index in [1.165, 1.54) is 6.08 Å². The Morgan fingerprint density at radius 2 is 1.86 bits per heavy atom. The van der Waals surface area contributed by atoms with Crippen molar-refractivity contribution in [2.75, 3.05) is 26.3 Å². The van der Waals surface area contributed by atoms with E-state index in [-0.39, 0.29) is 36.4 Å². The van der Waals surface area contributed by atoms with Crippen molar-refractivity contribution in [3.63, 3.8) is 0 Å². The first-order chi connectivity index (χ1) is 17.2. The van der Waals surface area contributed by atoms with Gasteiger partial charge in [0.1, 0.15) is 12.6 Å². The molecule has 2 bridgehead atoms. The van der Waals surface area contributed by atoms with Gasteiger partial charge in [-0.3, -0.25) is 14.4 Å². The van der Waals surface area contributed by atoms with Gasteiger partial charge in [-0.2, -0.15) is 0 Å². The van der Waals surface area contributed by atoms with Crippen molar-refractivity contribution < 1.29 is 24.2 Å². The van der Waals surface area contributed by atoms with Gasteiger partial charge in [0, 0.05) is 30.0 Å². The van der Waals surface area contributed by atoms with E-state index in [2.05, 4.69) is 47.8 Å².